The molecule has 0 atom stereocenters. The number of hydrogen-bond acceptors (Lipinski definition) is 4. The summed E-state index contributed by atoms with van der Waals surface area (Å²) in [6.07, 6.45) is 2.57. The summed E-state index contributed by atoms with van der Waals surface area (Å²) in [5, 5.41) is 16.3. The molecule has 1 rings (SSSR count). The number of nitrogens with zero attached hydrogens (tertiary/aromatic N) is 1. The van der Waals surface area contributed by atoms with Crippen molar-refractivity contribution in [2.45, 2.75) is 19.3 Å². The molecule has 1 aromatic rings. The van der Waals surface area contributed by atoms with Crippen molar-refractivity contribution in [2.75, 3.05) is 20.2 Å². The van der Waals surface area contributed by atoms with Crippen LogP contribution in [0.3, 0.4) is 0 Å². The van der Waals surface area contributed by atoms with Crippen molar-refractivity contribution in [1.29, 1.82) is 5.41 Å². The molecule has 0 fully saturated rings. The fourth-order valence-electron chi connectivity index (χ4n) is 1.59. The van der Waals surface area contributed by atoms with Crippen molar-refractivity contribution in [3.63, 3.8) is 0 Å². The van der Waals surface area contributed by atoms with Gasteiger partial charge in [-0.05, 0) is 43.5 Å². The van der Waals surface area contributed by atoms with E-state index in [1.54, 1.807) is 11.9 Å². The van der Waals surface area contributed by atoms with Crippen molar-refractivity contribution in [1.82, 2.24) is 4.90 Å². The van der Waals surface area contributed by atoms with Gasteiger partial charge in [0.05, 0.1) is 12.2 Å². The van der Waals surface area contributed by atoms with E-state index in [1.165, 1.54) is 24.3 Å². The molecule has 0 bridgehead atoms. The van der Waals surface area contributed by atoms with Crippen molar-refractivity contribution in [3.05, 3.63) is 29.8 Å². The normalized spacial score (nSPS) is 10.1. The Kier molecular flexibility index (Phi) is 6.36. The summed E-state index contributed by atoms with van der Waals surface area (Å²) in [4.78, 5) is 13.3. The first-order valence-corrected chi connectivity index (χ1v) is 6.52. The van der Waals surface area contributed by atoms with Crippen molar-refractivity contribution < 1.29 is 14.6 Å². The van der Waals surface area contributed by atoms with E-state index in [1.807, 2.05) is 0 Å². The number of benzene rings is 1. The molecule has 0 amide bonds. The zero-order valence-corrected chi connectivity index (χ0v) is 11.6. The van der Waals surface area contributed by atoms with Gasteiger partial charge in [-0.15, -0.1) is 0 Å². The highest BCUT2D eigenvalue weighted by atomic mass is 16.5. The molecule has 6 nitrogen and oxygen atoms in total. The molecule has 0 aliphatic rings. The number of guanidine groups is 1. The number of hydrogen-bond donors (Lipinski definition) is 3. The van der Waals surface area contributed by atoms with Crippen molar-refractivity contribution in [3.8, 4) is 5.75 Å². The van der Waals surface area contributed by atoms with E-state index < -0.39 is 0 Å². The smallest absolute Gasteiger partial charge is 0.338 e. The highest BCUT2D eigenvalue weighted by Crippen LogP contribution is 2.10. The minimum Gasteiger partial charge on any atom is -0.508 e. The topological polar surface area (TPSA) is 99.6 Å². The molecule has 0 aliphatic heterocycles. The number of carbonyl (C=O) groups is 1. The molecule has 0 saturated carbocycles. The maximum Gasteiger partial charge on any atom is 0.338 e. The second-order valence-corrected chi connectivity index (χ2v) is 4.55. The highest BCUT2D eigenvalue weighted by molar-refractivity contribution is 5.89. The lowest BCUT2D eigenvalue weighted by atomic mass is 10.2. The number of aromatic hydroxyl groups is 1. The first-order valence-electron chi connectivity index (χ1n) is 6.52. The van der Waals surface area contributed by atoms with Gasteiger partial charge in [0.2, 0.25) is 0 Å². The molecular formula is C14H21N3O3. The first-order chi connectivity index (χ1) is 9.50. The van der Waals surface area contributed by atoms with E-state index in [0.717, 1.165) is 25.8 Å². The summed E-state index contributed by atoms with van der Waals surface area (Å²) < 4.78 is 5.12. The maximum atomic E-state index is 11.6. The standard InChI is InChI=1S/C14H21N3O3/c1-17(14(15)16)9-3-2-4-10-20-13(19)11-5-7-12(18)8-6-11/h5-8,18H,2-4,9-10H2,1H3,(H3,15,16). The first kappa shape index (κ1) is 15.8. The van der Waals surface area contributed by atoms with Crippen LogP contribution in [0, 0.1) is 5.41 Å². The summed E-state index contributed by atoms with van der Waals surface area (Å²) in [6.45, 7) is 1.09. The number of phenols is 1. The number of rotatable bonds is 7. The van der Waals surface area contributed by atoms with Crippen LogP contribution in [0.1, 0.15) is 29.6 Å². The maximum absolute atomic E-state index is 11.6. The molecule has 0 radical (unpaired) electrons. The Morgan fingerprint density at radius 3 is 2.55 bits per heavy atom. The molecule has 0 saturated heterocycles. The monoisotopic (exact) mass is 279 g/mol. The summed E-state index contributed by atoms with van der Waals surface area (Å²) in [5.41, 5.74) is 5.74. The molecular weight excluding hydrogens is 258 g/mol. The fourth-order valence-corrected chi connectivity index (χ4v) is 1.59. The molecule has 0 heterocycles. The van der Waals surface area contributed by atoms with E-state index in [4.69, 9.17) is 21.0 Å². The van der Waals surface area contributed by atoms with Gasteiger partial charge in [0.25, 0.3) is 0 Å². The number of phenolic OH excluding ortho intramolecular Hbond substituents is 1. The minimum atomic E-state index is -0.383. The van der Waals surface area contributed by atoms with E-state index in [9.17, 15) is 4.79 Å². The number of ether oxygens (including phenoxy) is 1. The third-order valence-electron chi connectivity index (χ3n) is 2.89. The minimum absolute atomic E-state index is 0.0590. The largest absolute Gasteiger partial charge is 0.508 e. The number of nitrogens with one attached hydrogen (secondary N) is 1. The van der Waals surface area contributed by atoms with Crippen molar-refractivity contribution >= 4 is 11.9 Å². The number of unbranched alkanes of at least 4 members (excludes halogenated alkanes) is 2. The van der Waals surface area contributed by atoms with Crippen LogP contribution in [-0.4, -0.2) is 42.1 Å². The SMILES string of the molecule is CN(CCCCCOC(=O)c1ccc(O)cc1)C(=N)N. The Morgan fingerprint density at radius 1 is 1.30 bits per heavy atom. The van der Waals surface area contributed by atoms with Crippen molar-refractivity contribution in [2.24, 2.45) is 5.73 Å². The van der Waals surface area contributed by atoms with Gasteiger partial charge in [-0.3, -0.25) is 5.41 Å². The average molecular weight is 279 g/mol. The Morgan fingerprint density at radius 2 is 1.95 bits per heavy atom. The second-order valence-electron chi connectivity index (χ2n) is 4.55. The Hall–Kier alpha value is -2.24. The number of carbonyl (C=O) groups excluding carboxylic acids is 1. The van der Waals surface area contributed by atoms with Gasteiger partial charge in [-0.2, -0.15) is 0 Å². The van der Waals surface area contributed by atoms with E-state index in [-0.39, 0.29) is 17.7 Å². The van der Waals surface area contributed by atoms with Gasteiger partial charge >= 0.3 is 5.97 Å². The molecule has 0 spiro atoms. The van der Waals surface area contributed by atoms with Crippen LogP contribution in [0.15, 0.2) is 24.3 Å². The molecule has 0 aliphatic carbocycles. The van der Waals surface area contributed by atoms with E-state index in [2.05, 4.69) is 0 Å². The number of esters is 1. The molecule has 0 aromatic heterocycles. The Labute approximate surface area is 118 Å². The lowest BCUT2D eigenvalue weighted by Gasteiger charge is -2.15. The van der Waals surface area contributed by atoms with Gasteiger partial charge in [0.1, 0.15) is 5.75 Å². The van der Waals surface area contributed by atoms with Crippen LogP contribution in [0.2, 0.25) is 0 Å². The summed E-state index contributed by atoms with van der Waals surface area (Å²) in [7, 11) is 1.77. The van der Waals surface area contributed by atoms with Crippen LogP contribution in [0.25, 0.3) is 0 Å². The van der Waals surface area contributed by atoms with Gasteiger partial charge in [0, 0.05) is 13.6 Å². The zero-order valence-electron chi connectivity index (χ0n) is 11.6. The van der Waals surface area contributed by atoms with Crippen LogP contribution < -0.4 is 5.73 Å². The summed E-state index contributed by atoms with van der Waals surface area (Å²) in [6, 6.07) is 5.96. The predicted molar refractivity (Wildman–Crippen MR) is 76.8 cm³/mol. The van der Waals surface area contributed by atoms with Gasteiger partial charge in [0.15, 0.2) is 5.96 Å². The van der Waals surface area contributed by atoms with Gasteiger partial charge in [-0.25, -0.2) is 4.79 Å². The third-order valence-corrected chi connectivity index (χ3v) is 2.89. The zero-order chi connectivity index (χ0) is 15.0. The lowest BCUT2D eigenvalue weighted by Crippen LogP contribution is -2.33. The Balaban J connectivity index is 2.14. The van der Waals surface area contributed by atoms with Crippen LogP contribution in [0.4, 0.5) is 0 Å². The van der Waals surface area contributed by atoms with E-state index in [0.29, 0.717) is 12.2 Å². The summed E-state index contributed by atoms with van der Waals surface area (Å²) in [5.74, 6) is -0.203. The van der Waals surface area contributed by atoms with E-state index >= 15 is 0 Å². The van der Waals surface area contributed by atoms with Gasteiger partial charge < -0.3 is 20.5 Å². The molecule has 110 valence electrons. The molecule has 1 aromatic carbocycles. The summed E-state index contributed by atoms with van der Waals surface area (Å²) >= 11 is 0. The fraction of sp³-hybridized carbons (Fsp3) is 0.429. The Bertz CT molecular complexity index is 445. The third kappa shape index (κ3) is 5.60. The average Bonchev–Trinajstić information content (AvgIpc) is 2.42. The predicted octanol–water partition coefficient (Wildman–Crippen LogP) is 1.54. The molecule has 6 heteroatoms. The quantitative estimate of drug-likeness (QED) is 0.304. The molecule has 20 heavy (non-hydrogen) atoms. The van der Waals surface area contributed by atoms with Crippen LogP contribution >= 0.6 is 0 Å². The number of nitrogens with two attached hydrogens (primary N) is 1. The van der Waals surface area contributed by atoms with Gasteiger partial charge in [-0.1, -0.05) is 0 Å². The van der Waals surface area contributed by atoms with Crippen LogP contribution in [0.5, 0.6) is 5.75 Å². The van der Waals surface area contributed by atoms with Crippen LogP contribution in [-0.2, 0) is 4.74 Å². The highest BCUT2D eigenvalue weighted by Gasteiger charge is 2.06. The molecule has 0 unspecified atom stereocenters. The lowest BCUT2D eigenvalue weighted by molar-refractivity contribution is 0.0497. The second kappa shape index (κ2) is 8.04. The molecule has 4 N–H and O–H groups in total.